The Morgan fingerprint density at radius 3 is 2.35 bits per heavy atom. The first-order valence-electron chi connectivity index (χ1n) is 5.87. The third kappa shape index (κ3) is 4.19. The van der Waals surface area contributed by atoms with Crippen molar-refractivity contribution in [2.45, 2.75) is 27.2 Å². The number of rotatable bonds is 5. The minimum Gasteiger partial charge on any atom is -0.383 e. The van der Waals surface area contributed by atoms with Crippen molar-refractivity contribution in [3.05, 3.63) is 34.4 Å². The van der Waals surface area contributed by atoms with Gasteiger partial charge in [-0.05, 0) is 37.5 Å². The van der Waals surface area contributed by atoms with Gasteiger partial charge in [-0.25, -0.2) is 0 Å². The third-order valence-corrected chi connectivity index (χ3v) is 2.81. The molecule has 0 aliphatic carbocycles. The van der Waals surface area contributed by atoms with Crippen molar-refractivity contribution in [2.75, 3.05) is 20.3 Å². The van der Waals surface area contributed by atoms with E-state index in [2.05, 4.69) is 38.2 Å². The number of carbonyl (C=O) groups excluding carboxylic acids is 1. The van der Waals surface area contributed by atoms with E-state index in [9.17, 15) is 4.79 Å². The minimum atomic E-state index is 0.0529. The summed E-state index contributed by atoms with van der Waals surface area (Å²) in [5.74, 6) is 0.0529. The monoisotopic (exact) mass is 235 g/mol. The van der Waals surface area contributed by atoms with Gasteiger partial charge in [-0.2, -0.15) is 0 Å². The lowest BCUT2D eigenvalue weighted by atomic mass is 9.97. The maximum absolute atomic E-state index is 11.7. The number of aryl methyl sites for hydroxylation is 3. The van der Waals surface area contributed by atoms with E-state index in [1.165, 1.54) is 16.7 Å². The fraction of sp³-hybridized carbons (Fsp3) is 0.500. The molecule has 1 aromatic rings. The maximum atomic E-state index is 11.7. The molecule has 0 heterocycles. The van der Waals surface area contributed by atoms with Gasteiger partial charge in [0.15, 0.2) is 0 Å². The maximum Gasteiger partial charge on any atom is 0.224 e. The molecule has 0 radical (unpaired) electrons. The normalized spacial score (nSPS) is 10.4. The zero-order valence-electron chi connectivity index (χ0n) is 11.1. The molecule has 0 fully saturated rings. The predicted octanol–water partition coefficient (Wildman–Crippen LogP) is 1.92. The molecule has 0 aliphatic heterocycles. The Bertz CT molecular complexity index is 376. The van der Waals surface area contributed by atoms with Gasteiger partial charge in [-0.1, -0.05) is 17.7 Å². The van der Waals surface area contributed by atoms with Crippen LogP contribution >= 0.6 is 0 Å². The van der Waals surface area contributed by atoms with Crippen LogP contribution in [0.3, 0.4) is 0 Å². The number of nitrogens with one attached hydrogen (secondary N) is 1. The van der Waals surface area contributed by atoms with Crippen LogP contribution in [-0.4, -0.2) is 26.2 Å². The van der Waals surface area contributed by atoms with Crippen molar-refractivity contribution in [1.29, 1.82) is 0 Å². The van der Waals surface area contributed by atoms with E-state index in [1.54, 1.807) is 7.11 Å². The summed E-state index contributed by atoms with van der Waals surface area (Å²) in [5.41, 5.74) is 4.74. The molecule has 0 saturated carbocycles. The van der Waals surface area contributed by atoms with Crippen molar-refractivity contribution in [1.82, 2.24) is 5.32 Å². The summed E-state index contributed by atoms with van der Waals surface area (Å²) in [4.78, 5) is 11.7. The summed E-state index contributed by atoms with van der Waals surface area (Å²) in [7, 11) is 1.63. The van der Waals surface area contributed by atoms with E-state index in [1.807, 2.05) is 0 Å². The molecule has 94 valence electrons. The number of methoxy groups -OCH3 is 1. The number of benzene rings is 1. The van der Waals surface area contributed by atoms with Crippen LogP contribution in [0.15, 0.2) is 12.1 Å². The summed E-state index contributed by atoms with van der Waals surface area (Å²) < 4.78 is 4.89. The molecule has 17 heavy (non-hydrogen) atoms. The lowest BCUT2D eigenvalue weighted by Crippen LogP contribution is -2.28. The van der Waals surface area contributed by atoms with E-state index in [0.717, 1.165) is 5.56 Å². The second-order valence-electron chi connectivity index (χ2n) is 4.40. The average Bonchev–Trinajstić information content (AvgIpc) is 2.24. The van der Waals surface area contributed by atoms with Crippen LogP contribution in [-0.2, 0) is 16.0 Å². The van der Waals surface area contributed by atoms with Crippen molar-refractivity contribution in [3.8, 4) is 0 Å². The molecule has 0 saturated heterocycles. The number of carbonyl (C=O) groups is 1. The lowest BCUT2D eigenvalue weighted by Gasteiger charge is -2.11. The molecule has 1 amide bonds. The average molecular weight is 235 g/mol. The van der Waals surface area contributed by atoms with Gasteiger partial charge < -0.3 is 10.1 Å². The standard InChI is InChI=1S/C14H21NO2/c1-10-7-11(2)13(12(3)8-10)9-14(16)15-5-6-17-4/h7-8H,5-6,9H2,1-4H3,(H,15,16). The van der Waals surface area contributed by atoms with Crippen LogP contribution in [0.4, 0.5) is 0 Å². The summed E-state index contributed by atoms with van der Waals surface area (Å²) in [6, 6.07) is 4.23. The first-order chi connectivity index (χ1) is 8.04. The van der Waals surface area contributed by atoms with Gasteiger partial charge in [-0.15, -0.1) is 0 Å². The first-order valence-corrected chi connectivity index (χ1v) is 5.87. The Morgan fingerprint density at radius 2 is 1.82 bits per heavy atom. The molecular weight excluding hydrogens is 214 g/mol. The van der Waals surface area contributed by atoms with E-state index in [4.69, 9.17) is 4.74 Å². The summed E-state index contributed by atoms with van der Waals surface area (Å²) in [5, 5.41) is 2.84. The Labute approximate surface area is 103 Å². The molecule has 1 aromatic carbocycles. The van der Waals surface area contributed by atoms with Gasteiger partial charge >= 0.3 is 0 Å². The van der Waals surface area contributed by atoms with Crippen molar-refractivity contribution in [3.63, 3.8) is 0 Å². The van der Waals surface area contributed by atoms with Crippen LogP contribution in [0.5, 0.6) is 0 Å². The van der Waals surface area contributed by atoms with E-state index < -0.39 is 0 Å². The fourth-order valence-electron chi connectivity index (χ4n) is 2.00. The summed E-state index contributed by atoms with van der Waals surface area (Å²) in [6.07, 6.45) is 0.446. The topological polar surface area (TPSA) is 38.3 Å². The van der Waals surface area contributed by atoms with Gasteiger partial charge in [0.25, 0.3) is 0 Å². The van der Waals surface area contributed by atoms with Crippen LogP contribution in [0.1, 0.15) is 22.3 Å². The Hall–Kier alpha value is -1.35. The van der Waals surface area contributed by atoms with Gasteiger partial charge in [0.05, 0.1) is 13.0 Å². The molecule has 0 aromatic heterocycles. The van der Waals surface area contributed by atoms with E-state index in [-0.39, 0.29) is 5.91 Å². The highest BCUT2D eigenvalue weighted by molar-refractivity contribution is 5.79. The van der Waals surface area contributed by atoms with Crippen LogP contribution < -0.4 is 5.32 Å². The molecule has 0 spiro atoms. The highest BCUT2D eigenvalue weighted by Crippen LogP contribution is 2.16. The number of ether oxygens (including phenoxy) is 1. The minimum absolute atomic E-state index is 0.0529. The van der Waals surface area contributed by atoms with Crippen LogP contribution in [0, 0.1) is 20.8 Å². The highest BCUT2D eigenvalue weighted by atomic mass is 16.5. The Morgan fingerprint density at radius 1 is 1.24 bits per heavy atom. The molecule has 1 N–H and O–H groups in total. The zero-order valence-corrected chi connectivity index (χ0v) is 11.1. The van der Waals surface area contributed by atoms with Crippen LogP contribution in [0.25, 0.3) is 0 Å². The molecule has 3 heteroatoms. The van der Waals surface area contributed by atoms with Gasteiger partial charge in [0.2, 0.25) is 5.91 Å². The smallest absolute Gasteiger partial charge is 0.224 e. The second kappa shape index (κ2) is 6.40. The second-order valence-corrected chi connectivity index (χ2v) is 4.40. The first kappa shape index (κ1) is 13.7. The molecule has 3 nitrogen and oxygen atoms in total. The zero-order chi connectivity index (χ0) is 12.8. The van der Waals surface area contributed by atoms with Crippen LogP contribution in [0.2, 0.25) is 0 Å². The third-order valence-electron chi connectivity index (χ3n) is 2.81. The highest BCUT2D eigenvalue weighted by Gasteiger charge is 2.08. The predicted molar refractivity (Wildman–Crippen MR) is 69.2 cm³/mol. The van der Waals surface area contributed by atoms with Gasteiger partial charge in [0.1, 0.15) is 0 Å². The Kier molecular flexibility index (Phi) is 5.16. The van der Waals surface area contributed by atoms with Gasteiger partial charge in [-0.3, -0.25) is 4.79 Å². The molecule has 0 unspecified atom stereocenters. The van der Waals surface area contributed by atoms with Crippen molar-refractivity contribution < 1.29 is 9.53 Å². The number of amides is 1. The summed E-state index contributed by atoms with van der Waals surface area (Å²) >= 11 is 0. The number of hydrogen-bond donors (Lipinski definition) is 1. The Balaban J connectivity index is 2.65. The molecular formula is C14H21NO2. The lowest BCUT2D eigenvalue weighted by molar-refractivity contribution is -0.120. The van der Waals surface area contributed by atoms with Crippen molar-refractivity contribution in [2.24, 2.45) is 0 Å². The van der Waals surface area contributed by atoms with E-state index in [0.29, 0.717) is 19.6 Å². The van der Waals surface area contributed by atoms with Crippen molar-refractivity contribution >= 4 is 5.91 Å². The molecule has 0 aliphatic rings. The van der Waals surface area contributed by atoms with E-state index >= 15 is 0 Å². The molecule has 0 atom stereocenters. The van der Waals surface area contributed by atoms with Gasteiger partial charge in [0, 0.05) is 13.7 Å². The summed E-state index contributed by atoms with van der Waals surface area (Å²) in [6.45, 7) is 7.30. The largest absolute Gasteiger partial charge is 0.383 e. The fourth-order valence-corrected chi connectivity index (χ4v) is 2.00. The quantitative estimate of drug-likeness (QED) is 0.792. The molecule has 0 bridgehead atoms. The molecule has 1 rings (SSSR count). The SMILES string of the molecule is COCCNC(=O)Cc1c(C)cc(C)cc1C. The number of hydrogen-bond acceptors (Lipinski definition) is 2.